The molecule has 0 aliphatic rings. The van der Waals surface area contributed by atoms with Crippen molar-refractivity contribution in [3.8, 4) is 0 Å². The van der Waals surface area contributed by atoms with Gasteiger partial charge in [0.15, 0.2) is 0 Å². The first-order valence-electron chi connectivity index (χ1n) is 6.51. The van der Waals surface area contributed by atoms with Crippen molar-refractivity contribution in [2.75, 3.05) is 5.75 Å². The van der Waals surface area contributed by atoms with E-state index in [1.54, 1.807) is 0 Å². The first-order valence-corrected chi connectivity index (χ1v) is 8.12. The van der Waals surface area contributed by atoms with Crippen LogP contribution in [0.1, 0.15) is 71.1 Å². The molecule has 0 rings (SSSR count). The Kier molecular flexibility index (Phi) is 15.4. The molecule has 1 N–H and O–H groups in total. The zero-order valence-electron chi connectivity index (χ0n) is 10.8. The molecular formula is C12H26AgO3S. The summed E-state index contributed by atoms with van der Waals surface area (Å²) >= 11 is 0. The van der Waals surface area contributed by atoms with E-state index < -0.39 is 10.1 Å². The first kappa shape index (κ1) is 20.0. The molecular weight excluding hydrogens is 332 g/mol. The number of hydrogen-bond donors (Lipinski definition) is 1. The second-order valence-electron chi connectivity index (χ2n) is 4.47. The van der Waals surface area contributed by atoms with Gasteiger partial charge in [0.2, 0.25) is 0 Å². The van der Waals surface area contributed by atoms with Crippen LogP contribution >= 0.6 is 0 Å². The molecule has 0 spiro atoms. The third-order valence-electron chi connectivity index (χ3n) is 2.76. The quantitative estimate of drug-likeness (QED) is 0.347. The third-order valence-corrected chi connectivity index (χ3v) is 3.56. The first-order chi connectivity index (χ1) is 7.56. The van der Waals surface area contributed by atoms with Gasteiger partial charge < -0.3 is 0 Å². The Labute approximate surface area is 122 Å². The van der Waals surface area contributed by atoms with Crippen LogP contribution in [0.25, 0.3) is 0 Å². The molecule has 0 aliphatic heterocycles. The molecule has 5 heteroatoms. The fraction of sp³-hybridized carbons (Fsp3) is 1.00. The zero-order valence-corrected chi connectivity index (χ0v) is 13.1. The van der Waals surface area contributed by atoms with Crippen LogP contribution in [0.4, 0.5) is 0 Å². The van der Waals surface area contributed by atoms with Gasteiger partial charge in [0.05, 0.1) is 5.75 Å². The standard InChI is InChI=1S/C12H26O3S.Ag/c1-2-3-4-5-6-7-8-9-10-11-12-16(13,14)15;/h2-12H2,1H3,(H,13,14,15);. The average molecular weight is 358 g/mol. The van der Waals surface area contributed by atoms with Crippen LogP contribution in [0, 0.1) is 0 Å². The summed E-state index contributed by atoms with van der Waals surface area (Å²) in [5.74, 6) is -0.0799. The minimum absolute atomic E-state index is 0. The molecule has 0 atom stereocenters. The Morgan fingerprint density at radius 3 is 1.47 bits per heavy atom. The van der Waals surface area contributed by atoms with E-state index in [1.807, 2.05) is 0 Å². The molecule has 1 radical (unpaired) electrons. The van der Waals surface area contributed by atoms with Crippen LogP contribution < -0.4 is 0 Å². The van der Waals surface area contributed by atoms with Gasteiger partial charge in [-0.2, -0.15) is 8.42 Å². The SMILES string of the molecule is CCCCCCCCCCCCS(=O)(=O)O.[Ag]. The van der Waals surface area contributed by atoms with Crippen molar-refractivity contribution in [2.45, 2.75) is 71.1 Å². The van der Waals surface area contributed by atoms with E-state index in [9.17, 15) is 8.42 Å². The smallest absolute Gasteiger partial charge is 0.264 e. The van der Waals surface area contributed by atoms with Gasteiger partial charge in [0, 0.05) is 22.4 Å². The van der Waals surface area contributed by atoms with Gasteiger partial charge in [-0.3, -0.25) is 4.55 Å². The Morgan fingerprint density at radius 1 is 0.765 bits per heavy atom. The van der Waals surface area contributed by atoms with Gasteiger partial charge in [-0.15, -0.1) is 0 Å². The van der Waals surface area contributed by atoms with Crippen LogP contribution in [-0.4, -0.2) is 18.7 Å². The molecule has 0 saturated heterocycles. The molecule has 0 aromatic carbocycles. The Bertz CT molecular complexity index is 240. The maximum Gasteiger partial charge on any atom is 0.264 e. The molecule has 0 fully saturated rings. The summed E-state index contributed by atoms with van der Waals surface area (Å²) in [6.45, 7) is 2.22. The maximum atomic E-state index is 10.4. The van der Waals surface area contributed by atoms with Gasteiger partial charge in [0.1, 0.15) is 0 Å². The van der Waals surface area contributed by atoms with E-state index >= 15 is 0 Å². The summed E-state index contributed by atoms with van der Waals surface area (Å²) in [7, 11) is -3.73. The van der Waals surface area contributed by atoms with Crippen molar-refractivity contribution in [2.24, 2.45) is 0 Å². The number of rotatable bonds is 11. The monoisotopic (exact) mass is 357 g/mol. The van der Waals surface area contributed by atoms with Crippen molar-refractivity contribution < 1.29 is 35.4 Å². The van der Waals surface area contributed by atoms with Crippen LogP contribution in [0.5, 0.6) is 0 Å². The Hall–Kier alpha value is 0.650. The number of hydrogen-bond acceptors (Lipinski definition) is 2. The molecule has 0 aromatic heterocycles. The average Bonchev–Trinajstić information content (AvgIpc) is 2.19. The summed E-state index contributed by atoms with van der Waals surface area (Å²) in [4.78, 5) is 0. The molecule has 17 heavy (non-hydrogen) atoms. The van der Waals surface area contributed by atoms with E-state index in [-0.39, 0.29) is 28.1 Å². The van der Waals surface area contributed by atoms with Gasteiger partial charge in [-0.05, 0) is 6.42 Å². The third kappa shape index (κ3) is 19.2. The van der Waals surface area contributed by atoms with Crippen molar-refractivity contribution >= 4 is 10.1 Å². The molecule has 0 aromatic rings. The molecule has 0 amide bonds. The van der Waals surface area contributed by atoms with Crippen LogP contribution in [0.15, 0.2) is 0 Å². The van der Waals surface area contributed by atoms with Crippen LogP contribution in [0.3, 0.4) is 0 Å². The van der Waals surface area contributed by atoms with Gasteiger partial charge in [-0.25, -0.2) is 0 Å². The summed E-state index contributed by atoms with van der Waals surface area (Å²) in [6.07, 6.45) is 11.7. The second-order valence-corrected chi connectivity index (χ2v) is 6.04. The predicted octanol–water partition coefficient (Wildman–Crippen LogP) is 3.79. The second kappa shape index (κ2) is 13.1. The zero-order chi connectivity index (χ0) is 12.3. The fourth-order valence-corrected chi connectivity index (χ4v) is 2.34. The summed E-state index contributed by atoms with van der Waals surface area (Å²) in [5, 5.41) is 0. The molecule has 0 heterocycles. The molecule has 0 unspecified atom stereocenters. The predicted molar refractivity (Wildman–Crippen MR) is 68.3 cm³/mol. The Morgan fingerprint density at radius 2 is 1.12 bits per heavy atom. The van der Waals surface area contributed by atoms with E-state index in [1.165, 1.54) is 44.9 Å². The van der Waals surface area contributed by atoms with E-state index in [0.29, 0.717) is 6.42 Å². The van der Waals surface area contributed by atoms with Crippen molar-refractivity contribution in [3.63, 3.8) is 0 Å². The summed E-state index contributed by atoms with van der Waals surface area (Å²) in [5.41, 5.74) is 0. The maximum absolute atomic E-state index is 10.4. The van der Waals surface area contributed by atoms with E-state index in [0.717, 1.165) is 12.8 Å². The molecule has 0 aliphatic carbocycles. The minimum Gasteiger partial charge on any atom is -0.286 e. The summed E-state index contributed by atoms with van der Waals surface area (Å²) in [6, 6.07) is 0. The van der Waals surface area contributed by atoms with Crippen molar-refractivity contribution in [1.29, 1.82) is 0 Å². The van der Waals surface area contributed by atoms with Crippen LogP contribution in [0.2, 0.25) is 0 Å². The van der Waals surface area contributed by atoms with Crippen molar-refractivity contribution in [1.82, 2.24) is 0 Å². The normalized spacial score (nSPS) is 11.2. The molecule has 0 bridgehead atoms. The van der Waals surface area contributed by atoms with Gasteiger partial charge in [-0.1, -0.05) is 64.7 Å². The van der Waals surface area contributed by atoms with Gasteiger partial charge >= 0.3 is 0 Å². The van der Waals surface area contributed by atoms with Crippen molar-refractivity contribution in [3.05, 3.63) is 0 Å². The fourth-order valence-electron chi connectivity index (χ4n) is 1.77. The minimum atomic E-state index is -3.73. The molecule has 109 valence electrons. The Balaban J connectivity index is 0. The van der Waals surface area contributed by atoms with Crippen LogP contribution in [-0.2, 0) is 32.5 Å². The molecule has 3 nitrogen and oxygen atoms in total. The summed E-state index contributed by atoms with van der Waals surface area (Å²) < 4.78 is 29.4. The van der Waals surface area contributed by atoms with E-state index in [2.05, 4.69) is 6.92 Å². The van der Waals surface area contributed by atoms with Gasteiger partial charge in [0.25, 0.3) is 10.1 Å². The van der Waals surface area contributed by atoms with E-state index in [4.69, 9.17) is 4.55 Å². The topological polar surface area (TPSA) is 54.4 Å². The number of unbranched alkanes of at least 4 members (excludes halogenated alkanes) is 9. The molecule has 0 saturated carbocycles. The largest absolute Gasteiger partial charge is 0.286 e.